The molecule has 0 aromatic rings. The van der Waals surface area contributed by atoms with E-state index in [2.05, 4.69) is 18.3 Å². The quantitative estimate of drug-likeness (QED) is 0.757. The van der Waals surface area contributed by atoms with Crippen LogP contribution in [-0.2, 0) is 4.79 Å². The molecule has 0 aromatic carbocycles. The highest BCUT2D eigenvalue weighted by Gasteiger charge is 2.36. The Balaban J connectivity index is 1.95. The fourth-order valence-corrected chi connectivity index (χ4v) is 2.70. The molecular weight excluding hydrogens is 202 g/mol. The Kier molecular flexibility index (Phi) is 3.45. The van der Waals surface area contributed by atoms with Gasteiger partial charge in [0.2, 0.25) is 5.91 Å². The molecule has 2 heterocycles. The molecule has 2 saturated heterocycles. The molecule has 0 saturated carbocycles. The topological polar surface area (TPSA) is 56.1 Å². The van der Waals surface area contributed by atoms with Crippen molar-refractivity contribution in [3.8, 4) is 6.07 Å². The zero-order valence-corrected chi connectivity index (χ0v) is 9.78. The standard InChI is InChI=1S/C12H19N3O/c1-2-9-5-6-11(14-9)12(16)15-7-3-4-10(15)8-13/h9-11,14H,2-7H2,1H3/t9-,10+,11+/m1/s1. The van der Waals surface area contributed by atoms with Gasteiger partial charge in [0.1, 0.15) is 6.04 Å². The van der Waals surface area contributed by atoms with Crippen molar-refractivity contribution in [2.75, 3.05) is 6.54 Å². The maximum atomic E-state index is 12.2. The number of rotatable bonds is 2. The van der Waals surface area contributed by atoms with Gasteiger partial charge in [0.25, 0.3) is 0 Å². The summed E-state index contributed by atoms with van der Waals surface area (Å²) in [7, 11) is 0. The van der Waals surface area contributed by atoms with Gasteiger partial charge in [-0.15, -0.1) is 0 Å². The van der Waals surface area contributed by atoms with Gasteiger partial charge in [0, 0.05) is 12.6 Å². The molecule has 0 aliphatic carbocycles. The fraction of sp³-hybridized carbons (Fsp3) is 0.833. The van der Waals surface area contributed by atoms with Crippen molar-refractivity contribution >= 4 is 5.91 Å². The van der Waals surface area contributed by atoms with E-state index in [1.54, 1.807) is 4.90 Å². The predicted octanol–water partition coefficient (Wildman–Crippen LogP) is 1.03. The molecule has 0 unspecified atom stereocenters. The zero-order chi connectivity index (χ0) is 11.5. The highest BCUT2D eigenvalue weighted by Crippen LogP contribution is 2.22. The highest BCUT2D eigenvalue weighted by atomic mass is 16.2. The van der Waals surface area contributed by atoms with Crippen molar-refractivity contribution in [3.05, 3.63) is 0 Å². The van der Waals surface area contributed by atoms with Gasteiger partial charge in [-0.05, 0) is 32.1 Å². The van der Waals surface area contributed by atoms with Crippen LogP contribution in [0.4, 0.5) is 0 Å². The number of nitrogens with one attached hydrogen (secondary N) is 1. The first kappa shape index (κ1) is 11.4. The second-order valence-electron chi connectivity index (χ2n) is 4.72. The van der Waals surface area contributed by atoms with Crippen molar-refractivity contribution in [1.29, 1.82) is 5.26 Å². The van der Waals surface area contributed by atoms with Gasteiger partial charge in [-0.25, -0.2) is 0 Å². The lowest BCUT2D eigenvalue weighted by Gasteiger charge is -2.23. The minimum absolute atomic E-state index is 0.0427. The number of likely N-dealkylation sites (tertiary alicyclic amines) is 1. The van der Waals surface area contributed by atoms with E-state index >= 15 is 0 Å². The molecule has 0 bridgehead atoms. The fourth-order valence-electron chi connectivity index (χ4n) is 2.70. The number of hydrogen-bond donors (Lipinski definition) is 1. The lowest BCUT2D eigenvalue weighted by molar-refractivity contribution is -0.133. The molecular formula is C12H19N3O. The van der Waals surface area contributed by atoms with Crippen molar-refractivity contribution in [3.63, 3.8) is 0 Å². The molecule has 1 amide bonds. The third-order valence-corrected chi connectivity index (χ3v) is 3.72. The van der Waals surface area contributed by atoms with E-state index in [0.717, 1.165) is 38.6 Å². The number of nitriles is 1. The largest absolute Gasteiger partial charge is 0.325 e. The van der Waals surface area contributed by atoms with Crippen LogP contribution in [0.1, 0.15) is 39.0 Å². The van der Waals surface area contributed by atoms with Crippen LogP contribution in [0.5, 0.6) is 0 Å². The van der Waals surface area contributed by atoms with E-state index in [1.165, 1.54) is 0 Å². The summed E-state index contributed by atoms with van der Waals surface area (Å²) in [4.78, 5) is 14.0. The molecule has 1 N–H and O–H groups in total. The monoisotopic (exact) mass is 221 g/mol. The number of carbonyl (C=O) groups is 1. The Morgan fingerprint density at radius 2 is 2.31 bits per heavy atom. The van der Waals surface area contributed by atoms with Gasteiger partial charge in [-0.2, -0.15) is 5.26 Å². The first-order valence-electron chi connectivity index (χ1n) is 6.22. The third-order valence-electron chi connectivity index (χ3n) is 3.72. The summed E-state index contributed by atoms with van der Waals surface area (Å²) in [6.45, 7) is 2.89. The SMILES string of the molecule is CC[C@@H]1CC[C@@H](C(=O)N2CCC[C@H]2C#N)N1. The maximum absolute atomic E-state index is 12.2. The van der Waals surface area contributed by atoms with Crippen molar-refractivity contribution in [2.45, 2.75) is 57.2 Å². The summed E-state index contributed by atoms with van der Waals surface area (Å²) in [5.41, 5.74) is 0. The van der Waals surface area contributed by atoms with Crippen molar-refractivity contribution in [1.82, 2.24) is 10.2 Å². The van der Waals surface area contributed by atoms with Crippen LogP contribution in [0.15, 0.2) is 0 Å². The number of hydrogen-bond acceptors (Lipinski definition) is 3. The minimum Gasteiger partial charge on any atom is -0.325 e. The Morgan fingerprint density at radius 3 is 2.94 bits per heavy atom. The molecule has 3 atom stereocenters. The second kappa shape index (κ2) is 4.84. The molecule has 4 heteroatoms. The molecule has 16 heavy (non-hydrogen) atoms. The summed E-state index contributed by atoms with van der Waals surface area (Å²) in [5.74, 6) is 0.139. The summed E-state index contributed by atoms with van der Waals surface area (Å²) in [5, 5.41) is 12.3. The van der Waals surface area contributed by atoms with E-state index in [4.69, 9.17) is 5.26 Å². The van der Waals surface area contributed by atoms with Gasteiger partial charge in [0.05, 0.1) is 12.1 Å². The molecule has 0 radical (unpaired) electrons. The molecule has 4 nitrogen and oxygen atoms in total. The van der Waals surface area contributed by atoms with Crippen LogP contribution in [0.25, 0.3) is 0 Å². The minimum atomic E-state index is -0.185. The first-order chi connectivity index (χ1) is 7.76. The smallest absolute Gasteiger partial charge is 0.240 e. The Bertz CT molecular complexity index is 310. The summed E-state index contributed by atoms with van der Waals surface area (Å²) < 4.78 is 0. The van der Waals surface area contributed by atoms with E-state index in [9.17, 15) is 4.79 Å². The molecule has 0 spiro atoms. The van der Waals surface area contributed by atoms with Crippen LogP contribution < -0.4 is 5.32 Å². The first-order valence-corrected chi connectivity index (χ1v) is 6.22. The van der Waals surface area contributed by atoms with Crippen LogP contribution in [-0.4, -0.2) is 35.5 Å². The molecule has 88 valence electrons. The van der Waals surface area contributed by atoms with E-state index in [0.29, 0.717) is 6.04 Å². The Hall–Kier alpha value is -1.08. The van der Waals surface area contributed by atoms with Gasteiger partial charge < -0.3 is 10.2 Å². The molecule has 0 aromatic heterocycles. The number of amides is 1. The van der Waals surface area contributed by atoms with Crippen LogP contribution >= 0.6 is 0 Å². The summed E-state index contributed by atoms with van der Waals surface area (Å²) in [6.07, 6.45) is 4.88. The Morgan fingerprint density at radius 1 is 1.50 bits per heavy atom. The molecule has 2 aliphatic heterocycles. The summed E-state index contributed by atoms with van der Waals surface area (Å²) in [6, 6.07) is 2.48. The number of carbonyl (C=O) groups excluding carboxylic acids is 1. The van der Waals surface area contributed by atoms with Crippen LogP contribution in [0, 0.1) is 11.3 Å². The van der Waals surface area contributed by atoms with Gasteiger partial charge in [0.15, 0.2) is 0 Å². The molecule has 2 aliphatic rings. The van der Waals surface area contributed by atoms with Crippen molar-refractivity contribution < 1.29 is 4.79 Å². The van der Waals surface area contributed by atoms with Crippen molar-refractivity contribution in [2.24, 2.45) is 0 Å². The van der Waals surface area contributed by atoms with E-state index < -0.39 is 0 Å². The van der Waals surface area contributed by atoms with Gasteiger partial charge >= 0.3 is 0 Å². The van der Waals surface area contributed by atoms with Crippen LogP contribution in [0.3, 0.4) is 0 Å². The van der Waals surface area contributed by atoms with Gasteiger partial charge in [-0.3, -0.25) is 4.79 Å². The normalized spacial score (nSPS) is 34.0. The average Bonchev–Trinajstić information content (AvgIpc) is 2.96. The molecule has 2 fully saturated rings. The summed E-state index contributed by atoms with van der Waals surface area (Å²) >= 11 is 0. The zero-order valence-electron chi connectivity index (χ0n) is 9.78. The number of nitrogens with zero attached hydrogens (tertiary/aromatic N) is 2. The van der Waals surface area contributed by atoms with E-state index in [-0.39, 0.29) is 18.0 Å². The highest BCUT2D eigenvalue weighted by molar-refractivity contribution is 5.83. The lowest BCUT2D eigenvalue weighted by Crippen LogP contribution is -2.46. The van der Waals surface area contributed by atoms with Gasteiger partial charge in [-0.1, -0.05) is 6.92 Å². The Labute approximate surface area is 96.6 Å². The molecule has 2 rings (SSSR count). The van der Waals surface area contributed by atoms with E-state index in [1.807, 2.05) is 0 Å². The predicted molar refractivity (Wildman–Crippen MR) is 60.6 cm³/mol. The maximum Gasteiger partial charge on any atom is 0.240 e. The third kappa shape index (κ3) is 2.05. The lowest BCUT2D eigenvalue weighted by atomic mass is 10.1. The average molecular weight is 221 g/mol. The van der Waals surface area contributed by atoms with Crippen LogP contribution in [0.2, 0.25) is 0 Å². The second-order valence-corrected chi connectivity index (χ2v) is 4.72.